The molecule has 0 fully saturated rings. The van der Waals surface area contributed by atoms with Gasteiger partial charge in [-0.25, -0.2) is 4.79 Å². The highest BCUT2D eigenvalue weighted by atomic mass is 35.5. The summed E-state index contributed by atoms with van der Waals surface area (Å²) in [7, 11) is 0. The number of halogens is 1. The Hall–Kier alpha value is -4.01. The van der Waals surface area contributed by atoms with Gasteiger partial charge in [-0.2, -0.15) is 0 Å². The average Bonchev–Trinajstić information content (AvgIpc) is 3.43. The highest BCUT2D eigenvalue weighted by Crippen LogP contribution is 2.40. The number of Topliss-reactive ketones (excluding diaryl/α,β-unsaturated/α-hetero) is 1. The summed E-state index contributed by atoms with van der Waals surface area (Å²) in [4.78, 5) is 25.8. The maximum absolute atomic E-state index is 13.1. The van der Waals surface area contributed by atoms with E-state index in [4.69, 9.17) is 40.0 Å². The summed E-state index contributed by atoms with van der Waals surface area (Å²) in [5.41, 5.74) is 2.72. The van der Waals surface area contributed by atoms with Gasteiger partial charge in [0, 0.05) is 22.2 Å². The molecule has 0 spiro atoms. The van der Waals surface area contributed by atoms with Crippen molar-refractivity contribution < 1.29 is 38.0 Å². The Morgan fingerprint density at radius 1 is 1.00 bits per heavy atom. The number of allylic oxidation sites excluding steroid dienone is 1. The van der Waals surface area contributed by atoms with Crippen molar-refractivity contribution in [2.75, 3.05) is 13.6 Å². The van der Waals surface area contributed by atoms with Crippen molar-refractivity contribution in [1.82, 2.24) is 0 Å². The molecule has 0 atom stereocenters. The van der Waals surface area contributed by atoms with E-state index in [9.17, 15) is 9.59 Å². The first-order valence-corrected chi connectivity index (χ1v) is 11.1. The number of carbonyl (C=O) groups is 2. The standard InChI is InChI=1S/C26H17ClO8/c1-13-4-18(34-26(29)14-2-3-19-20(7-14)32-12-31-19)9-21-23(13)24(28)22(35-21)8-15-5-17(27)6-16-10-30-11-33-25(15)16/h2-9H,10-12H2,1H3/b22-8-. The fourth-order valence-electron chi connectivity index (χ4n) is 4.18. The largest absolute Gasteiger partial charge is 0.467 e. The summed E-state index contributed by atoms with van der Waals surface area (Å²) < 4.78 is 32.9. The fraction of sp³-hybridized carbons (Fsp3) is 0.154. The summed E-state index contributed by atoms with van der Waals surface area (Å²) in [6.07, 6.45) is 1.59. The van der Waals surface area contributed by atoms with Crippen LogP contribution < -0.4 is 23.7 Å². The molecule has 0 saturated carbocycles. The van der Waals surface area contributed by atoms with Gasteiger partial charge in [-0.3, -0.25) is 4.79 Å². The van der Waals surface area contributed by atoms with Crippen LogP contribution in [0.5, 0.6) is 28.7 Å². The molecule has 35 heavy (non-hydrogen) atoms. The highest BCUT2D eigenvalue weighted by molar-refractivity contribution is 6.31. The Morgan fingerprint density at radius 2 is 1.86 bits per heavy atom. The molecule has 0 saturated heterocycles. The summed E-state index contributed by atoms with van der Waals surface area (Å²) in [6, 6.07) is 11.4. The quantitative estimate of drug-likeness (QED) is 0.284. The molecule has 0 aliphatic carbocycles. The van der Waals surface area contributed by atoms with E-state index in [-0.39, 0.29) is 30.9 Å². The lowest BCUT2D eigenvalue weighted by Crippen LogP contribution is -2.12. The van der Waals surface area contributed by atoms with Crippen LogP contribution >= 0.6 is 11.6 Å². The van der Waals surface area contributed by atoms with Gasteiger partial charge in [0.1, 0.15) is 17.2 Å². The zero-order chi connectivity index (χ0) is 24.1. The minimum Gasteiger partial charge on any atom is -0.467 e. The number of hydrogen-bond donors (Lipinski definition) is 0. The van der Waals surface area contributed by atoms with Crippen molar-refractivity contribution in [2.24, 2.45) is 0 Å². The van der Waals surface area contributed by atoms with Gasteiger partial charge < -0.3 is 28.4 Å². The number of esters is 1. The molecule has 3 heterocycles. The molecule has 3 aromatic rings. The zero-order valence-corrected chi connectivity index (χ0v) is 19.1. The van der Waals surface area contributed by atoms with Crippen LogP contribution in [-0.4, -0.2) is 25.3 Å². The van der Waals surface area contributed by atoms with Crippen LogP contribution in [0, 0.1) is 6.92 Å². The summed E-state index contributed by atoms with van der Waals surface area (Å²) in [5, 5.41) is 0.488. The first-order chi connectivity index (χ1) is 17.0. The van der Waals surface area contributed by atoms with E-state index >= 15 is 0 Å². The van der Waals surface area contributed by atoms with Gasteiger partial charge in [0.15, 0.2) is 24.1 Å². The fourth-order valence-corrected chi connectivity index (χ4v) is 4.43. The Morgan fingerprint density at radius 3 is 2.74 bits per heavy atom. The number of carbonyl (C=O) groups excluding carboxylic acids is 2. The van der Waals surface area contributed by atoms with Crippen LogP contribution in [0.1, 0.15) is 37.4 Å². The topological polar surface area (TPSA) is 89.5 Å². The lowest BCUT2D eigenvalue weighted by Gasteiger charge is -2.20. The molecule has 0 N–H and O–H groups in total. The normalized spacial score (nSPS) is 16.4. The van der Waals surface area contributed by atoms with Gasteiger partial charge >= 0.3 is 5.97 Å². The zero-order valence-electron chi connectivity index (χ0n) is 18.4. The predicted octanol–water partition coefficient (Wildman–Crippen LogP) is 5.08. The van der Waals surface area contributed by atoms with E-state index < -0.39 is 5.97 Å². The van der Waals surface area contributed by atoms with Gasteiger partial charge in [0.05, 0.1) is 17.7 Å². The summed E-state index contributed by atoms with van der Waals surface area (Å²) in [6.45, 7) is 2.33. The second-order valence-electron chi connectivity index (χ2n) is 8.10. The molecule has 0 radical (unpaired) electrons. The number of hydrogen-bond acceptors (Lipinski definition) is 8. The lowest BCUT2D eigenvalue weighted by atomic mass is 10.0. The minimum absolute atomic E-state index is 0.108. The lowest BCUT2D eigenvalue weighted by molar-refractivity contribution is -0.0165. The number of ketones is 1. The molecule has 0 amide bonds. The molecule has 0 unspecified atom stereocenters. The van der Waals surface area contributed by atoms with Crippen molar-refractivity contribution in [3.05, 3.63) is 81.1 Å². The van der Waals surface area contributed by atoms with Crippen LogP contribution in [0.2, 0.25) is 5.02 Å². The molecule has 3 aliphatic heterocycles. The Bertz CT molecular complexity index is 1440. The Kier molecular flexibility index (Phi) is 5.12. The van der Waals surface area contributed by atoms with E-state index in [2.05, 4.69) is 0 Å². The van der Waals surface area contributed by atoms with Gasteiger partial charge in [-0.15, -0.1) is 0 Å². The number of ether oxygens (including phenoxy) is 6. The van der Waals surface area contributed by atoms with E-state index in [0.29, 0.717) is 56.9 Å². The van der Waals surface area contributed by atoms with Crippen LogP contribution in [0.15, 0.2) is 48.2 Å². The summed E-state index contributed by atoms with van der Waals surface area (Å²) >= 11 is 6.24. The minimum atomic E-state index is -0.576. The summed E-state index contributed by atoms with van der Waals surface area (Å²) in [5.74, 6) is 1.44. The molecule has 3 aromatic carbocycles. The first-order valence-electron chi connectivity index (χ1n) is 10.7. The van der Waals surface area contributed by atoms with Gasteiger partial charge in [0.2, 0.25) is 12.6 Å². The van der Waals surface area contributed by atoms with Crippen molar-refractivity contribution in [3.8, 4) is 28.7 Å². The van der Waals surface area contributed by atoms with Crippen molar-refractivity contribution in [2.45, 2.75) is 13.5 Å². The van der Waals surface area contributed by atoms with Crippen molar-refractivity contribution >= 4 is 29.4 Å². The maximum Gasteiger partial charge on any atom is 0.343 e. The van der Waals surface area contributed by atoms with Gasteiger partial charge in [0.25, 0.3) is 0 Å². The average molecular weight is 493 g/mol. The third-order valence-corrected chi connectivity index (χ3v) is 5.97. The molecule has 0 aromatic heterocycles. The van der Waals surface area contributed by atoms with Crippen molar-refractivity contribution in [1.29, 1.82) is 0 Å². The molecular formula is C26H17ClO8. The molecule has 8 nitrogen and oxygen atoms in total. The number of fused-ring (bicyclic) bond motifs is 3. The van der Waals surface area contributed by atoms with Crippen LogP contribution in [0.4, 0.5) is 0 Å². The maximum atomic E-state index is 13.1. The monoisotopic (exact) mass is 492 g/mol. The molecule has 3 aliphatic rings. The van der Waals surface area contributed by atoms with E-state index in [1.165, 1.54) is 6.07 Å². The van der Waals surface area contributed by atoms with Gasteiger partial charge in [-0.1, -0.05) is 11.6 Å². The predicted molar refractivity (Wildman–Crippen MR) is 123 cm³/mol. The van der Waals surface area contributed by atoms with Gasteiger partial charge in [-0.05, 0) is 55.0 Å². The second-order valence-corrected chi connectivity index (χ2v) is 8.54. The van der Waals surface area contributed by atoms with E-state index in [0.717, 1.165) is 5.56 Å². The van der Waals surface area contributed by atoms with E-state index in [1.54, 1.807) is 49.4 Å². The second kappa shape index (κ2) is 8.33. The van der Waals surface area contributed by atoms with Crippen LogP contribution in [-0.2, 0) is 11.3 Å². The number of rotatable bonds is 3. The third-order valence-electron chi connectivity index (χ3n) is 5.75. The molecule has 0 bridgehead atoms. The highest BCUT2D eigenvalue weighted by Gasteiger charge is 2.31. The van der Waals surface area contributed by atoms with E-state index in [1.807, 2.05) is 0 Å². The molecular weight excluding hydrogens is 476 g/mol. The molecule has 176 valence electrons. The number of aryl methyl sites for hydroxylation is 1. The third kappa shape index (κ3) is 3.86. The van der Waals surface area contributed by atoms with Crippen LogP contribution in [0.25, 0.3) is 6.08 Å². The van der Waals surface area contributed by atoms with Crippen LogP contribution in [0.3, 0.4) is 0 Å². The molecule has 6 rings (SSSR count). The number of benzene rings is 3. The smallest absolute Gasteiger partial charge is 0.343 e. The Labute approximate surface area is 204 Å². The SMILES string of the molecule is Cc1cc(OC(=O)c2ccc3c(c2)OCO3)cc2c1C(=O)/C(=C/c1cc(Cl)cc3c1OCOC3)O2. The first kappa shape index (κ1) is 21.5. The van der Waals surface area contributed by atoms with Crippen molar-refractivity contribution in [3.63, 3.8) is 0 Å². The Balaban J connectivity index is 1.28. The molecule has 9 heteroatoms.